The Balaban J connectivity index is 1.89. The van der Waals surface area contributed by atoms with Gasteiger partial charge in [0.15, 0.2) is 0 Å². The van der Waals surface area contributed by atoms with Gasteiger partial charge in [0, 0.05) is 24.3 Å². The number of urea groups is 1. The molecule has 0 aliphatic carbocycles. The number of hydrogen-bond acceptors (Lipinski definition) is 5. The molecule has 0 atom stereocenters. The van der Waals surface area contributed by atoms with E-state index in [1.165, 1.54) is 11.3 Å². The average molecular weight is 340 g/mol. The summed E-state index contributed by atoms with van der Waals surface area (Å²) in [6.07, 6.45) is 2.22. The van der Waals surface area contributed by atoms with Crippen LogP contribution in [0.5, 0.6) is 0 Å². The minimum Gasteiger partial charge on any atom is -0.350 e. The van der Waals surface area contributed by atoms with Crippen molar-refractivity contribution in [3.8, 4) is 0 Å². The molecule has 0 saturated heterocycles. The van der Waals surface area contributed by atoms with Gasteiger partial charge in [-0.25, -0.2) is 4.79 Å². The maximum atomic E-state index is 11.9. The second-order valence-electron chi connectivity index (χ2n) is 4.75. The molecule has 0 bridgehead atoms. The standard InChI is InChI=1S/C14H18ClN5OS/c1-3-4-9-20(2)14-19-18-13(22-14)17-12(21)16-11-7-5-10(15)6-8-11/h5-8H,3-4,9H2,1-2H3,(H2,16,17,18,21). The van der Waals surface area contributed by atoms with Gasteiger partial charge in [-0.1, -0.05) is 36.3 Å². The van der Waals surface area contributed by atoms with Crippen LogP contribution in [-0.4, -0.2) is 29.8 Å². The number of carbonyl (C=O) groups excluding carboxylic acids is 1. The lowest BCUT2D eigenvalue weighted by atomic mass is 10.3. The molecular weight excluding hydrogens is 322 g/mol. The number of aromatic nitrogens is 2. The van der Waals surface area contributed by atoms with E-state index < -0.39 is 0 Å². The lowest BCUT2D eigenvalue weighted by Crippen LogP contribution is -2.19. The summed E-state index contributed by atoms with van der Waals surface area (Å²) in [6, 6.07) is 6.52. The van der Waals surface area contributed by atoms with E-state index in [0.29, 0.717) is 15.8 Å². The highest BCUT2D eigenvalue weighted by Gasteiger charge is 2.11. The van der Waals surface area contributed by atoms with Crippen molar-refractivity contribution in [1.82, 2.24) is 10.2 Å². The molecule has 8 heteroatoms. The van der Waals surface area contributed by atoms with Gasteiger partial charge in [0.05, 0.1) is 0 Å². The lowest BCUT2D eigenvalue weighted by Gasteiger charge is -2.13. The van der Waals surface area contributed by atoms with Crippen LogP contribution in [0.2, 0.25) is 5.02 Å². The van der Waals surface area contributed by atoms with Crippen molar-refractivity contribution in [3.63, 3.8) is 0 Å². The van der Waals surface area contributed by atoms with Gasteiger partial charge >= 0.3 is 6.03 Å². The first-order valence-corrected chi connectivity index (χ1v) is 8.16. The first kappa shape index (κ1) is 16.5. The molecule has 0 aliphatic rings. The van der Waals surface area contributed by atoms with Gasteiger partial charge in [0.1, 0.15) is 0 Å². The van der Waals surface area contributed by atoms with Crippen LogP contribution >= 0.6 is 22.9 Å². The zero-order valence-electron chi connectivity index (χ0n) is 12.5. The molecule has 0 aliphatic heterocycles. The Kier molecular flexibility index (Phi) is 5.97. The number of amides is 2. The van der Waals surface area contributed by atoms with E-state index in [0.717, 1.165) is 24.5 Å². The topological polar surface area (TPSA) is 70.2 Å². The minimum absolute atomic E-state index is 0.360. The third-order valence-corrected chi connectivity index (χ3v) is 4.12. The smallest absolute Gasteiger partial charge is 0.325 e. The normalized spacial score (nSPS) is 10.3. The molecule has 1 heterocycles. The zero-order chi connectivity index (χ0) is 15.9. The van der Waals surface area contributed by atoms with E-state index in [9.17, 15) is 4.79 Å². The molecular formula is C14H18ClN5OS. The van der Waals surface area contributed by atoms with Gasteiger partial charge in [-0.2, -0.15) is 0 Å². The van der Waals surface area contributed by atoms with Crippen LogP contribution in [0, 0.1) is 0 Å². The van der Waals surface area contributed by atoms with Gasteiger partial charge in [-0.05, 0) is 30.7 Å². The summed E-state index contributed by atoms with van der Waals surface area (Å²) in [5, 5.41) is 15.3. The van der Waals surface area contributed by atoms with Gasteiger partial charge in [-0.15, -0.1) is 10.2 Å². The molecule has 0 spiro atoms. The number of benzene rings is 1. The highest BCUT2D eigenvalue weighted by atomic mass is 35.5. The second kappa shape index (κ2) is 7.95. The van der Waals surface area contributed by atoms with Crippen molar-refractivity contribution >= 4 is 44.9 Å². The first-order valence-electron chi connectivity index (χ1n) is 6.96. The van der Waals surface area contributed by atoms with Crippen molar-refractivity contribution in [2.45, 2.75) is 19.8 Å². The number of halogens is 1. The van der Waals surface area contributed by atoms with E-state index in [2.05, 4.69) is 27.8 Å². The summed E-state index contributed by atoms with van der Waals surface area (Å²) in [6.45, 7) is 3.06. The summed E-state index contributed by atoms with van der Waals surface area (Å²) >= 11 is 7.14. The fourth-order valence-electron chi connectivity index (χ4n) is 1.70. The third-order valence-electron chi connectivity index (χ3n) is 2.91. The molecule has 22 heavy (non-hydrogen) atoms. The summed E-state index contributed by atoms with van der Waals surface area (Å²) in [5.41, 5.74) is 0.659. The molecule has 1 aromatic carbocycles. The Morgan fingerprint density at radius 3 is 2.68 bits per heavy atom. The van der Waals surface area contributed by atoms with Gasteiger partial charge in [-0.3, -0.25) is 5.32 Å². The predicted molar refractivity (Wildman–Crippen MR) is 92.2 cm³/mol. The monoisotopic (exact) mass is 339 g/mol. The maximum Gasteiger partial charge on any atom is 0.325 e. The highest BCUT2D eigenvalue weighted by molar-refractivity contribution is 7.19. The van der Waals surface area contributed by atoms with Crippen molar-refractivity contribution < 1.29 is 4.79 Å². The number of carbonyl (C=O) groups is 1. The van der Waals surface area contributed by atoms with Crippen LogP contribution in [0.3, 0.4) is 0 Å². The van der Waals surface area contributed by atoms with Crippen LogP contribution in [0.4, 0.5) is 20.7 Å². The summed E-state index contributed by atoms with van der Waals surface area (Å²) in [7, 11) is 1.97. The number of unbranched alkanes of at least 4 members (excludes halogenated alkanes) is 1. The lowest BCUT2D eigenvalue weighted by molar-refractivity contribution is 0.262. The molecule has 0 radical (unpaired) electrons. The van der Waals surface area contributed by atoms with E-state index in [1.807, 2.05) is 11.9 Å². The Morgan fingerprint density at radius 2 is 2.00 bits per heavy atom. The number of hydrogen-bond donors (Lipinski definition) is 2. The number of nitrogens with one attached hydrogen (secondary N) is 2. The Labute approximate surface area is 138 Å². The molecule has 6 nitrogen and oxygen atoms in total. The van der Waals surface area contributed by atoms with Crippen molar-refractivity contribution in [3.05, 3.63) is 29.3 Å². The summed E-state index contributed by atoms with van der Waals surface area (Å²) in [5.74, 6) is 0. The van der Waals surface area contributed by atoms with E-state index >= 15 is 0 Å². The fraction of sp³-hybridized carbons (Fsp3) is 0.357. The second-order valence-corrected chi connectivity index (χ2v) is 6.14. The largest absolute Gasteiger partial charge is 0.350 e. The molecule has 0 unspecified atom stereocenters. The Bertz CT molecular complexity index is 616. The molecule has 2 N–H and O–H groups in total. The van der Waals surface area contributed by atoms with Crippen LogP contribution in [-0.2, 0) is 0 Å². The number of anilines is 3. The minimum atomic E-state index is -0.360. The van der Waals surface area contributed by atoms with Gasteiger partial charge in [0.2, 0.25) is 10.3 Å². The van der Waals surface area contributed by atoms with Crippen LogP contribution in [0.25, 0.3) is 0 Å². The van der Waals surface area contributed by atoms with Crippen LogP contribution in [0.15, 0.2) is 24.3 Å². The number of nitrogens with zero attached hydrogens (tertiary/aromatic N) is 3. The van der Waals surface area contributed by atoms with E-state index in [1.54, 1.807) is 24.3 Å². The van der Waals surface area contributed by atoms with E-state index in [4.69, 9.17) is 11.6 Å². The Hall–Kier alpha value is -1.86. The predicted octanol–water partition coefficient (Wildman–Crippen LogP) is 4.07. The third kappa shape index (κ3) is 4.85. The molecule has 0 saturated carbocycles. The molecule has 2 amide bonds. The molecule has 118 valence electrons. The average Bonchev–Trinajstić information content (AvgIpc) is 2.95. The molecule has 2 rings (SSSR count). The molecule has 1 aromatic heterocycles. The van der Waals surface area contributed by atoms with Crippen LogP contribution < -0.4 is 15.5 Å². The number of rotatable bonds is 6. The van der Waals surface area contributed by atoms with Gasteiger partial charge in [0.25, 0.3) is 0 Å². The van der Waals surface area contributed by atoms with Gasteiger partial charge < -0.3 is 10.2 Å². The van der Waals surface area contributed by atoms with E-state index in [-0.39, 0.29) is 6.03 Å². The maximum absolute atomic E-state index is 11.9. The van der Waals surface area contributed by atoms with Crippen LogP contribution in [0.1, 0.15) is 19.8 Å². The zero-order valence-corrected chi connectivity index (χ0v) is 14.0. The Morgan fingerprint density at radius 1 is 1.27 bits per heavy atom. The summed E-state index contributed by atoms with van der Waals surface area (Å²) < 4.78 is 0. The highest BCUT2D eigenvalue weighted by Crippen LogP contribution is 2.23. The van der Waals surface area contributed by atoms with Crippen molar-refractivity contribution in [2.24, 2.45) is 0 Å². The molecule has 2 aromatic rings. The summed E-state index contributed by atoms with van der Waals surface area (Å²) in [4.78, 5) is 13.9. The SMILES string of the molecule is CCCCN(C)c1nnc(NC(=O)Nc2ccc(Cl)cc2)s1. The van der Waals surface area contributed by atoms with Crippen molar-refractivity contribution in [1.29, 1.82) is 0 Å². The first-order chi connectivity index (χ1) is 10.6. The fourth-order valence-corrected chi connectivity index (χ4v) is 2.56. The quantitative estimate of drug-likeness (QED) is 0.832. The molecule has 0 fully saturated rings. The van der Waals surface area contributed by atoms with Crippen molar-refractivity contribution in [2.75, 3.05) is 29.1 Å².